The second kappa shape index (κ2) is 8.59. The fourth-order valence-electron chi connectivity index (χ4n) is 3.17. The molecule has 1 aliphatic heterocycles. The van der Waals surface area contributed by atoms with Crippen LogP contribution in [0.3, 0.4) is 0 Å². The van der Waals surface area contributed by atoms with Crippen LogP contribution in [0.1, 0.15) is 37.9 Å². The van der Waals surface area contributed by atoms with Crippen molar-refractivity contribution in [2.24, 2.45) is 0 Å². The van der Waals surface area contributed by atoms with Gasteiger partial charge >= 0.3 is 12.3 Å². The monoisotopic (exact) mass is 408 g/mol. The van der Waals surface area contributed by atoms with E-state index in [9.17, 15) is 18.0 Å². The molecule has 2 atom stereocenters. The average molecular weight is 408 g/mol. The third kappa shape index (κ3) is 5.10. The van der Waals surface area contributed by atoms with Crippen LogP contribution in [-0.4, -0.2) is 35.4 Å². The van der Waals surface area contributed by atoms with Crippen LogP contribution in [0.25, 0.3) is 11.3 Å². The number of benzene rings is 1. The summed E-state index contributed by atoms with van der Waals surface area (Å²) in [6.45, 7) is 2.01. The summed E-state index contributed by atoms with van der Waals surface area (Å²) >= 11 is 0. The normalized spacial score (nSPS) is 20.9. The van der Waals surface area contributed by atoms with Crippen LogP contribution >= 0.6 is 0 Å². The molecule has 3 N–H and O–H groups in total. The van der Waals surface area contributed by atoms with Gasteiger partial charge in [0.15, 0.2) is 0 Å². The van der Waals surface area contributed by atoms with E-state index >= 15 is 0 Å². The molecule has 2 heterocycles. The summed E-state index contributed by atoms with van der Waals surface area (Å²) < 4.78 is 45.5. The molecule has 0 radical (unpaired) electrons. The first-order valence-electron chi connectivity index (χ1n) is 9.30. The number of carbonyl (C=O) groups excluding carboxylic acids is 1. The molecule has 0 fully saturated rings. The molecule has 29 heavy (non-hydrogen) atoms. The Bertz CT molecular complexity index is 892. The van der Waals surface area contributed by atoms with E-state index in [4.69, 9.17) is 0 Å². The number of hydrogen-bond acceptors (Lipinski definition) is 4. The first-order valence-corrected chi connectivity index (χ1v) is 9.30. The van der Waals surface area contributed by atoms with Crippen molar-refractivity contribution in [3.8, 4) is 11.3 Å². The van der Waals surface area contributed by atoms with Crippen molar-refractivity contribution in [1.29, 1.82) is 0 Å². The molecule has 1 aliphatic rings. The van der Waals surface area contributed by atoms with Crippen LogP contribution in [0.5, 0.6) is 0 Å². The number of nitrogens with one attached hydrogen (secondary N) is 3. The predicted octanol–water partition coefficient (Wildman–Crippen LogP) is 5.44. The molecule has 2 bridgehead atoms. The van der Waals surface area contributed by atoms with Crippen LogP contribution < -0.4 is 10.6 Å². The number of imidazole rings is 1. The number of rotatable bonds is 1. The molecule has 2 aromatic rings. The van der Waals surface area contributed by atoms with Crippen LogP contribution in [-0.2, 0) is 4.74 Å². The Morgan fingerprint density at radius 1 is 1.31 bits per heavy atom. The Morgan fingerprint density at radius 2 is 2.10 bits per heavy atom. The van der Waals surface area contributed by atoms with E-state index in [1.54, 1.807) is 24.4 Å². The molecular weight excluding hydrogens is 385 g/mol. The Hall–Kier alpha value is -2.97. The van der Waals surface area contributed by atoms with Gasteiger partial charge in [0.05, 0.1) is 19.0 Å². The van der Waals surface area contributed by atoms with Crippen LogP contribution in [0, 0.1) is 0 Å². The van der Waals surface area contributed by atoms with E-state index in [2.05, 4.69) is 25.3 Å². The molecule has 3 rings (SSSR count). The number of anilines is 2. The topological polar surface area (TPSA) is 79.0 Å². The molecule has 0 aliphatic carbocycles. The van der Waals surface area contributed by atoms with Crippen molar-refractivity contribution in [2.45, 2.75) is 44.3 Å². The van der Waals surface area contributed by atoms with Gasteiger partial charge in [-0.15, -0.1) is 0 Å². The number of nitrogens with zero attached hydrogens (tertiary/aromatic N) is 1. The lowest BCUT2D eigenvalue weighted by Crippen LogP contribution is -2.36. The lowest BCUT2D eigenvalue weighted by Gasteiger charge is -2.24. The van der Waals surface area contributed by atoms with E-state index < -0.39 is 18.3 Å². The Balaban J connectivity index is 2.06. The number of hydrogen-bond donors (Lipinski definition) is 3. The van der Waals surface area contributed by atoms with Crippen molar-refractivity contribution in [1.82, 2.24) is 9.97 Å². The van der Waals surface area contributed by atoms with Gasteiger partial charge < -0.3 is 15.0 Å². The van der Waals surface area contributed by atoms with Gasteiger partial charge in [-0.2, -0.15) is 13.2 Å². The van der Waals surface area contributed by atoms with Gasteiger partial charge in [0.1, 0.15) is 11.9 Å². The molecule has 0 saturated heterocycles. The summed E-state index contributed by atoms with van der Waals surface area (Å²) in [6, 6.07) is 2.97. The molecule has 0 spiro atoms. The van der Waals surface area contributed by atoms with Crippen LogP contribution in [0.4, 0.5) is 29.3 Å². The Morgan fingerprint density at radius 3 is 2.83 bits per heavy atom. The van der Waals surface area contributed by atoms with Gasteiger partial charge in [0, 0.05) is 22.9 Å². The predicted molar refractivity (Wildman–Crippen MR) is 105 cm³/mol. The van der Waals surface area contributed by atoms with Gasteiger partial charge in [-0.25, -0.2) is 9.78 Å². The molecule has 1 amide bonds. The first kappa shape index (κ1) is 20.8. The number of ether oxygens (including phenoxy) is 1. The third-order valence-corrected chi connectivity index (χ3v) is 4.81. The smallest absolute Gasteiger partial charge is 0.411 e. The second-order valence-corrected chi connectivity index (χ2v) is 6.98. The molecule has 6 nitrogen and oxygen atoms in total. The SMILES string of the molecule is COC(=O)Nc1ccc2c(c1)NC(C(F)(F)F)CC/C=C\C[C@H](C)c1ncc-2[nH]1. The van der Waals surface area contributed by atoms with Crippen molar-refractivity contribution < 1.29 is 22.7 Å². The van der Waals surface area contributed by atoms with Crippen LogP contribution in [0.15, 0.2) is 36.5 Å². The van der Waals surface area contributed by atoms with Crippen LogP contribution in [0.2, 0.25) is 0 Å². The third-order valence-electron chi connectivity index (χ3n) is 4.81. The number of carbonyl (C=O) groups is 1. The number of aromatic amines is 1. The van der Waals surface area contributed by atoms with E-state index in [1.165, 1.54) is 13.2 Å². The average Bonchev–Trinajstić information content (AvgIpc) is 3.15. The summed E-state index contributed by atoms with van der Waals surface area (Å²) in [4.78, 5) is 19.1. The highest BCUT2D eigenvalue weighted by Gasteiger charge is 2.39. The molecule has 1 unspecified atom stereocenters. The lowest BCUT2D eigenvalue weighted by molar-refractivity contribution is -0.143. The zero-order valence-corrected chi connectivity index (χ0v) is 16.1. The number of allylic oxidation sites excluding steroid dienone is 2. The van der Waals surface area contributed by atoms with Gasteiger partial charge in [0.2, 0.25) is 0 Å². The summed E-state index contributed by atoms with van der Waals surface area (Å²) in [5.74, 6) is 0.870. The Labute approximate surface area is 166 Å². The Kier molecular flexibility index (Phi) is 6.14. The first-order chi connectivity index (χ1) is 13.8. The summed E-state index contributed by atoms with van der Waals surface area (Å²) in [6.07, 6.45) is 1.02. The van der Waals surface area contributed by atoms with Gasteiger partial charge in [-0.3, -0.25) is 5.32 Å². The van der Waals surface area contributed by atoms with Crippen molar-refractivity contribution >= 4 is 17.5 Å². The van der Waals surface area contributed by atoms with E-state index in [0.29, 0.717) is 29.8 Å². The summed E-state index contributed by atoms with van der Waals surface area (Å²) in [7, 11) is 1.21. The maximum atomic E-state index is 13.6. The molecule has 0 saturated carbocycles. The minimum absolute atomic E-state index is 0.101. The minimum Gasteiger partial charge on any atom is -0.453 e. The number of alkyl halides is 3. The molecule has 1 aromatic carbocycles. The van der Waals surface area contributed by atoms with E-state index in [0.717, 1.165) is 5.82 Å². The molecule has 156 valence electrons. The minimum atomic E-state index is -4.43. The highest BCUT2D eigenvalue weighted by molar-refractivity contribution is 5.88. The largest absolute Gasteiger partial charge is 0.453 e. The standard InChI is InChI=1S/C20H23F3N4O2/c1-12-6-4-3-5-7-17(20(21,22)23)26-15-10-13(25-19(28)29-2)8-9-14(15)16-11-24-18(12)27-16/h3-4,8-12,17,26H,5-7H2,1-2H3,(H,24,27)(H,25,28)/b4-3-/t12-,17?/m0/s1. The zero-order valence-electron chi connectivity index (χ0n) is 16.1. The second-order valence-electron chi connectivity index (χ2n) is 6.98. The highest BCUT2D eigenvalue weighted by atomic mass is 19.4. The lowest BCUT2D eigenvalue weighted by atomic mass is 10.1. The summed E-state index contributed by atoms with van der Waals surface area (Å²) in [5.41, 5.74) is 1.70. The van der Waals surface area contributed by atoms with Crippen molar-refractivity contribution in [2.75, 3.05) is 17.7 Å². The van der Waals surface area contributed by atoms with Crippen molar-refractivity contribution in [3.63, 3.8) is 0 Å². The molecule has 1 aromatic heterocycles. The van der Waals surface area contributed by atoms with Gasteiger partial charge in [-0.05, 0) is 37.5 Å². The molecule has 9 heteroatoms. The maximum absolute atomic E-state index is 13.6. The fraction of sp³-hybridized carbons (Fsp3) is 0.400. The van der Waals surface area contributed by atoms with Gasteiger partial charge in [0.25, 0.3) is 0 Å². The molecular formula is C20H23F3N4O2. The summed E-state index contributed by atoms with van der Waals surface area (Å²) in [5, 5.41) is 5.10. The number of aromatic nitrogens is 2. The number of methoxy groups -OCH3 is 1. The highest BCUT2D eigenvalue weighted by Crippen LogP contribution is 2.35. The number of halogens is 3. The maximum Gasteiger partial charge on any atom is 0.411 e. The van der Waals surface area contributed by atoms with E-state index in [-0.39, 0.29) is 18.0 Å². The van der Waals surface area contributed by atoms with E-state index in [1.807, 2.05) is 13.0 Å². The number of fused-ring (bicyclic) bond motifs is 4. The fourth-order valence-corrected chi connectivity index (χ4v) is 3.17. The van der Waals surface area contributed by atoms with Gasteiger partial charge in [-0.1, -0.05) is 19.1 Å². The number of H-pyrrole nitrogens is 1. The quantitative estimate of drug-likeness (QED) is 0.549. The van der Waals surface area contributed by atoms with Crippen molar-refractivity contribution in [3.05, 3.63) is 42.4 Å². The number of amides is 1. The zero-order chi connectivity index (χ0) is 21.0.